The highest BCUT2D eigenvalue weighted by Gasteiger charge is 2.35. The van der Waals surface area contributed by atoms with Crippen molar-refractivity contribution >= 4 is 11.7 Å². The Balaban J connectivity index is 1.63. The number of nitrogens with zero attached hydrogens (tertiary/aromatic N) is 2. The normalized spacial score (nSPS) is 18.5. The van der Waals surface area contributed by atoms with Crippen LogP contribution in [-0.4, -0.2) is 34.6 Å². The molecule has 140 valence electrons. The quantitative estimate of drug-likeness (QED) is 0.867. The van der Waals surface area contributed by atoms with Crippen LogP contribution >= 0.6 is 0 Å². The molecule has 0 bridgehead atoms. The van der Waals surface area contributed by atoms with E-state index in [1.807, 2.05) is 6.92 Å². The third kappa shape index (κ3) is 4.16. The zero-order valence-electron chi connectivity index (χ0n) is 14.1. The molecule has 1 aliphatic rings. The molecule has 2 amide bonds. The van der Waals surface area contributed by atoms with E-state index in [0.717, 1.165) is 29.8 Å². The van der Waals surface area contributed by atoms with Crippen molar-refractivity contribution < 1.29 is 22.7 Å². The van der Waals surface area contributed by atoms with Crippen molar-refractivity contribution in [2.24, 2.45) is 0 Å². The third-order valence-electron chi connectivity index (χ3n) is 4.18. The standard InChI is InChI=1S/C17H19F3N4O2/c1-11(14-3-2-10-26-14)22-16(25)23-12-4-6-13(7-5-12)24-15(8-9-21-24)17(18,19)20/h4-9,11,14H,2-3,10H2,1H3,(H2,22,23,25)/t11-,14-/m0/s1. The number of amides is 2. The highest BCUT2D eigenvalue weighted by atomic mass is 19.4. The van der Waals surface area contributed by atoms with Crippen LogP contribution in [-0.2, 0) is 10.9 Å². The smallest absolute Gasteiger partial charge is 0.376 e. The van der Waals surface area contributed by atoms with Crippen LogP contribution in [0.3, 0.4) is 0 Å². The monoisotopic (exact) mass is 368 g/mol. The van der Waals surface area contributed by atoms with Gasteiger partial charge in [0.1, 0.15) is 5.69 Å². The first kappa shape index (κ1) is 18.2. The molecule has 0 aliphatic carbocycles. The van der Waals surface area contributed by atoms with Gasteiger partial charge in [0, 0.05) is 12.3 Å². The van der Waals surface area contributed by atoms with Gasteiger partial charge in [0.15, 0.2) is 0 Å². The summed E-state index contributed by atoms with van der Waals surface area (Å²) in [4.78, 5) is 12.0. The molecular weight excluding hydrogens is 349 g/mol. The molecule has 9 heteroatoms. The molecule has 26 heavy (non-hydrogen) atoms. The number of aromatic nitrogens is 2. The van der Waals surface area contributed by atoms with E-state index in [1.165, 1.54) is 24.3 Å². The van der Waals surface area contributed by atoms with Gasteiger partial charge in [-0.25, -0.2) is 9.48 Å². The highest BCUT2D eigenvalue weighted by Crippen LogP contribution is 2.30. The molecule has 3 rings (SSSR count). The lowest BCUT2D eigenvalue weighted by atomic mass is 10.1. The average Bonchev–Trinajstić information content (AvgIpc) is 3.27. The first-order valence-corrected chi connectivity index (χ1v) is 8.25. The fourth-order valence-corrected chi connectivity index (χ4v) is 2.87. The maximum atomic E-state index is 12.9. The lowest BCUT2D eigenvalue weighted by molar-refractivity contribution is -0.142. The van der Waals surface area contributed by atoms with Gasteiger partial charge in [-0.05, 0) is 50.1 Å². The molecule has 0 radical (unpaired) electrons. The SMILES string of the molecule is C[C@H](NC(=O)Nc1ccc(-n2nccc2C(F)(F)F)cc1)[C@@H]1CCCO1. The molecule has 2 atom stereocenters. The van der Waals surface area contributed by atoms with Gasteiger partial charge in [0.05, 0.1) is 24.0 Å². The predicted octanol–water partition coefficient (Wildman–Crippen LogP) is 3.58. The van der Waals surface area contributed by atoms with Gasteiger partial charge in [-0.1, -0.05) is 0 Å². The van der Waals surface area contributed by atoms with Gasteiger partial charge in [-0.3, -0.25) is 0 Å². The molecule has 0 unspecified atom stereocenters. The van der Waals surface area contributed by atoms with Crippen LogP contribution in [0.25, 0.3) is 5.69 Å². The van der Waals surface area contributed by atoms with E-state index in [9.17, 15) is 18.0 Å². The number of alkyl halides is 3. The lowest BCUT2D eigenvalue weighted by Gasteiger charge is -2.20. The predicted molar refractivity (Wildman–Crippen MR) is 89.2 cm³/mol. The summed E-state index contributed by atoms with van der Waals surface area (Å²) < 4.78 is 45.1. The Morgan fingerprint density at radius 1 is 1.31 bits per heavy atom. The minimum absolute atomic E-state index is 0.00345. The summed E-state index contributed by atoms with van der Waals surface area (Å²) in [6, 6.07) is 6.35. The Morgan fingerprint density at radius 3 is 2.65 bits per heavy atom. The van der Waals surface area contributed by atoms with E-state index >= 15 is 0 Å². The second kappa shape index (κ2) is 7.36. The van der Waals surface area contributed by atoms with Gasteiger partial charge in [-0.2, -0.15) is 18.3 Å². The van der Waals surface area contributed by atoms with Gasteiger partial charge in [0.2, 0.25) is 0 Å². The van der Waals surface area contributed by atoms with Crippen molar-refractivity contribution in [2.45, 2.75) is 38.1 Å². The first-order chi connectivity index (χ1) is 12.3. The topological polar surface area (TPSA) is 68.2 Å². The van der Waals surface area contributed by atoms with Crippen molar-refractivity contribution in [1.82, 2.24) is 15.1 Å². The number of halogens is 3. The van der Waals surface area contributed by atoms with Crippen molar-refractivity contribution in [3.8, 4) is 5.69 Å². The zero-order chi connectivity index (χ0) is 18.7. The number of anilines is 1. The van der Waals surface area contributed by atoms with Crippen LogP contribution in [0.1, 0.15) is 25.5 Å². The minimum atomic E-state index is -4.49. The maximum Gasteiger partial charge on any atom is 0.433 e. The number of carbonyl (C=O) groups is 1. The number of urea groups is 1. The van der Waals surface area contributed by atoms with E-state index in [-0.39, 0.29) is 17.8 Å². The van der Waals surface area contributed by atoms with Crippen molar-refractivity contribution in [3.63, 3.8) is 0 Å². The van der Waals surface area contributed by atoms with E-state index in [1.54, 1.807) is 0 Å². The zero-order valence-corrected chi connectivity index (χ0v) is 14.1. The Hall–Kier alpha value is -2.55. The number of nitrogens with one attached hydrogen (secondary N) is 2. The van der Waals surface area contributed by atoms with Crippen LogP contribution in [0.2, 0.25) is 0 Å². The number of hydrogen-bond donors (Lipinski definition) is 2. The summed E-state index contributed by atoms with van der Waals surface area (Å²) in [6.07, 6.45) is -1.52. The molecule has 1 aromatic carbocycles. The van der Waals surface area contributed by atoms with Crippen molar-refractivity contribution in [3.05, 3.63) is 42.2 Å². The van der Waals surface area contributed by atoms with Crippen LogP contribution in [0, 0.1) is 0 Å². The lowest BCUT2D eigenvalue weighted by Crippen LogP contribution is -2.42. The molecule has 0 spiro atoms. The number of ether oxygens (including phenoxy) is 1. The minimum Gasteiger partial charge on any atom is -0.376 e. The summed E-state index contributed by atoms with van der Waals surface area (Å²) in [7, 11) is 0. The van der Waals surface area contributed by atoms with Gasteiger partial charge in [-0.15, -0.1) is 0 Å². The highest BCUT2D eigenvalue weighted by molar-refractivity contribution is 5.89. The summed E-state index contributed by atoms with van der Waals surface area (Å²) >= 11 is 0. The summed E-state index contributed by atoms with van der Waals surface area (Å²) in [6.45, 7) is 2.57. The van der Waals surface area contributed by atoms with E-state index < -0.39 is 17.9 Å². The second-order valence-electron chi connectivity index (χ2n) is 6.11. The van der Waals surface area contributed by atoms with Crippen LogP contribution in [0.15, 0.2) is 36.5 Å². The number of hydrogen-bond acceptors (Lipinski definition) is 3. The molecule has 2 heterocycles. The molecule has 2 N–H and O–H groups in total. The number of rotatable bonds is 4. The Morgan fingerprint density at radius 2 is 2.04 bits per heavy atom. The molecular formula is C17H19F3N4O2. The number of carbonyl (C=O) groups excluding carboxylic acids is 1. The summed E-state index contributed by atoms with van der Waals surface area (Å²) in [5.41, 5.74) is -0.145. The average molecular weight is 368 g/mol. The summed E-state index contributed by atoms with van der Waals surface area (Å²) in [5, 5.41) is 9.17. The van der Waals surface area contributed by atoms with E-state index in [2.05, 4.69) is 15.7 Å². The third-order valence-corrected chi connectivity index (χ3v) is 4.18. The molecule has 6 nitrogen and oxygen atoms in total. The van der Waals surface area contributed by atoms with Crippen LogP contribution in [0.5, 0.6) is 0 Å². The van der Waals surface area contributed by atoms with Gasteiger partial charge in [0.25, 0.3) is 0 Å². The second-order valence-corrected chi connectivity index (χ2v) is 6.11. The summed E-state index contributed by atoms with van der Waals surface area (Å²) in [5.74, 6) is 0. The molecule has 1 aliphatic heterocycles. The Bertz CT molecular complexity index is 752. The largest absolute Gasteiger partial charge is 0.433 e. The molecule has 1 saturated heterocycles. The Labute approximate surface area is 148 Å². The number of benzene rings is 1. The molecule has 1 fully saturated rings. The fraction of sp³-hybridized carbons (Fsp3) is 0.412. The van der Waals surface area contributed by atoms with E-state index in [4.69, 9.17) is 4.74 Å². The first-order valence-electron chi connectivity index (χ1n) is 8.25. The van der Waals surface area contributed by atoms with Crippen LogP contribution < -0.4 is 10.6 Å². The maximum absolute atomic E-state index is 12.9. The fourth-order valence-electron chi connectivity index (χ4n) is 2.87. The van der Waals surface area contributed by atoms with Gasteiger partial charge < -0.3 is 15.4 Å². The van der Waals surface area contributed by atoms with Crippen molar-refractivity contribution in [1.29, 1.82) is 0 Å². The van der Waals surface area contributed by atoms with E-state index in [0.29, 0.717) is 12.3 Å². The molecule has 0 saturated carbocycles. The molecule has 2 aromatic rings. The van der Waals surface area contributed by atoms with Gasteiger partial charge >= 0.3 is 12.2 Å². The van der Waals surface area contributed by atoms with Crippen LogP contribution in [0.4, 0.5) is 23.7 Å². The molecule has 1 aromatic heterocycles. The van der Waals surface area contributed by atoms with Crippen molar-refractivity contribution in [2.75, 3.05) is 11.9 Å². The Kier molecular flexibility index (Phi) is 5.17.